The molecule has 7 heteroatoms. The summed E-state index contributed by atoms with van der Waals surface area (Å²) in [5.41, 5.74) is 1.98. The van der Waals surface area contributed by atoms with E-state index in [0.717, 1.165) is 5.56 Å². The molecule has 3 rings (SSSR count). The van der Waals surface area contributed by atoms with Crippen molar-refractivity contribution in [3.8, 4) is 0 Å². The second-order valence-electron chi connectivity index (χ2n) is 5.38. The number of nitrogens with zero attached hydrogens (tertiary/aromatic N) is 2. The van der Waals surface area contributed by atoms with Gasteiger partial charge in [-0.05, 0) is 24.0 Å². The molecule has 0 spiro atoms. The standard InChI is InChI=1S/C19H17ClN4OS/c1-26-19-23-16(20)15(18(25)22-14-10-6-3-7-11-14)17(24-19)21-12-13-8-4-2-5-9-13/h2-11H,12H2,1H3,(H,22,25)(H,21,23,24). The van der Waals surface area contributed by atoms with E-state index in [2.05, 4.69) is 20.6 Å². The lowest BCUT2D eigenvalue weighted by atomic mass is 10.2. The van der Waals surface area contributed by atoms with Gasteiger partial charge in [-0.3, -0.25) is 4.79 Å². The van der Waals surface area contributed by atoms with E-state index >= 15 is 0 Å². The van der Waals surface area contributed by atoms with E-state index < -0.39 is 0 Å². The third-order valence-electron chi connectivity index (χ3n) is 3.59. The highest BCUT2D eigenvalue weighted by Gasteiger charge is 2.20. The molecular formula is C19H17ClN4OS. The van der Waals surface area contributed by atoms with E-state index in [4.69, 9.17) is 11.6 Å². The van der Waals surface area contributed by atoms with Crippen LogP contribution in [0, 0.1) is 0 Å². The maximum absolute atomic E-state index is 12.7. The van der Waals surface area contributed by atoms with E-state index in [1.165, 1.54) is 11.8 Å². The Balaban J connectivity index is 1.88. The number of para-hydroxylation sites is 1. The van der Waals surface area contributed by atoms with Crippen LogP contribution >= 0.6 is 23.4 Å². The molecule has 0 aliphatic heterocycles. The fourth-order valence-corrected chi connectivity index (χ4v) is 3.00. The quantitative estimate of drug-likeness (QED) is 0.366. The first-order valence-electron chi connectivity index (χ1n) is 7.93. The minimum Gasteiger partial charge on any atom is -0.365 e. The zero-order valence-electron chi connectivity index (χ0n) is 14.1. The number of halogens is 1. The Morgan fingerprint density at radius 3 is 2.35 bits per heavy atom. The number of aromatic nitrogens is 2. The Hall–Kier alpha value is -2.57. The van der Waals surface area contributed by atoms with Gasteiger partial charge in [-0.15, -0.1) is 0 Å². The molecule has 0 saturated heterocycles. The van der Waals surface area contributed by atoms with Crippen LogP contribution in [-0.2, 0) is 6.54 Å². The Kier molecular flexibility index (Phi) is 6.09. The molecule has 0 bridgehead atoms. The SMILES string of the molecule is CSc1nc(Cl)c(C(=O)Nc2ccccc2)c(NCc2ccccc2)n1. The van der Waals surface area contributed by atoms with Crippen LogP contribution in [0.15, 0.2) is 65.8 Å². The van der Waals surface area contributed by atoms with Gasteiger partial charge in [0, 0.05) is 12.2 Å². The predicted molar refractivity (Wildman–Crippen MR) is 107 cm³/mol. The number of thioether (sulfide) groups is 1. The number of hydrogen-bond donors (Lipinski definition) is 2. The van der Waals surface area contributed by atoms with E-state index in [9.17, 15) is 4.79 Å². The lowest BCUT2D eigenvalue weighted by molar-refractivity contribution is 0.102. The number of hydrogen-bond acceptors (Lipinski definition) is 5. The molecular weight excluding hydrogens is 368 g/mol. The highest BCUT2D eigenvalue weighted by atomic mass is 35.5. The second-order valence-corrected chi connectivity index (χ2v) is 6.52. The molecule has 0 aliphatic carbocycles. The van der Waals surface area contributed by atoms with E-state index in [-0.39, 0.29) is 16.6 Å². The van der Waals surface area contributed by atoms with Crippen molar-refractivity contribution in [3.05, 3.63) is 76.9 Å². The van der Waals surface area contributed by atoms with E-state index in [1.807, 2.05) is 54.8 Å². The number of amides is 1. The van der Waals surface area contributed by atoms with Gasteiger partial charge in [0.15, 0.2) is 5.16 Å². The lowest BCUT2D eigenvalue weighted by Crippen LogP contribution is -2.17. The number of carbonyl (C=O) groups is 1. The summed E-state index contributed by atoms with van der Waals surface area (Å²) < 4.78 is 0. The molecule has 0 atom stereocenters. The van der Waals surface area contributed by atoms with Crippen LogP contribution in [0.2, 0.25) is 5.15 Å². The molecule has 0 aliphatic rings. The van der Waals surface area contributed by atoms with Crippen LogP contribution < -0.4 is 10.6 Å². The van der Waals surface area contributed by atoms with Crippen molar-refractivity contribution in [3.63, 3.8) is 0 Å². The Morgan fingerprint density at radius 1 is 1.04 bits per heavy atom. The molecule has 2 N–H and O–H groups in total. The van der Waals surface area contributed by atoms with Crippen LogP contribution in [-0.4, -0.2) is 22.1 Å². The average molecular weight is 385 g/mol. The predicted octanol–water partition coefficient (Wildman–Crippen LogP) is 4.72. The number of nitrogens with one attached hydrogen (secondary N) is 2. The summed E-state index contributed by atoms with van der Waals surface area (Å²) in [4.78, 5) is 21.4. The Labute approximate surface area is 161 Å². The van der Waals surface area contributed by atoms with Gasteiger partial charge in [-0.25, -0.2) is 9.97 Å². The first-order chi connectivity index (χ1) is 12.7. The minimum absolute atomic E-state index is 0.119. The van der Waals surface area contributed by atoms with Crippen molar-refractivity contribution in [1.29, 1.82) is 0 Å². The van der Waals surface area contributed by atoms with Gasteiger partial charge in [-0.1, -0.05) is 71.9 Å². The number of anilines is 2. The van der Waals surface area contributed by atoms with E-state index in [1.54, 1.807) is 12.1 Å². The number of carbonyl (C=O) groups excluding carboxylic acids is 1. The summed E-state index contributed by atoms with van der Waals surface area (Å²) >= 11 is 7.66. The summed E-state index contributed by atoms with van der Waals surface area (Å²) in [5.74, 6) is 0.0519. The van der Waals surface area contributed by atoms with Gasteiger partial charge in [0.2, 0.25) is 0 Å². The Bertz CT molecular complexity index is 891. The summed E-state index contributed by atoms with van der Waals surface area (Å²) in [6.45, 7) is 0.521. The van der Waals surface area contributed by atoms with Crippen LogP contribution in [0.4, 0.5) is 11.5 Å². The molecule has 26 heavy (non-hydrogen) atoms. The fraction of sp³-hybridized carbons (Fsp3) is 0.105. The van der Waals surface area contributed by atoms with Crippen LogP contribution in [0.5, 0.6) is 0 Å². The van der Waals surface area contributed by atoms with Gasteiger partial charge in [-0.2, -0.15) is 0 Å². The van der Waals surface area contributed by atoms with Crippen LogP contribution in [0.25, 0.3) is 0 Å². The summed E-state index contributed by atoms with van der Waals surface area (Å²) in [6.07, 6.45) is 1.86. The summed E-state index contributed by atoms with van der Waals surface area (Å²) in [7, 11) is 0. The largest absolute Gasteiger partial charge is 0.365 e. The first kappa shape index (κ1) is 18.2. The Morgan fingerprint density at radius 2 is 1.69 bits per heavy atom. The fourth-order valence-electron chi connectivity index (χ4n) is 2.33. The summed E-state index contributed by atoms with van der Waals surface area (Å²) in [5, 5.41) is 6.65. The van der Waals surface area contributed by atoms with Gasteiger partial charge in [0.1, 0.15) is 16.5 Å². The molecule has 0 unspecified atom stereocenters. The van der Waals surface area contributed by atoms with E-state index in [0.29, 0.717) is 23.2 Å². The molecule has 0 saturated carbocycles. The third-order valence-corrected chi connectivity index (χ3v) is 4.41. The highest BCUT2D eigenvalue weighted by Crippen LogP contribution is 2.26. The average Bonchev–Trinajstić information content (AvgIpc) is 2.67. The van der Waals surface area contributed by atoms with Crippen molar-refractivity contribution < 1.29 is 4.79 Å². The normalized spacial score (nSPS) is 10.4. The molecule has 5 nitrogen and oxygen atoms in total. The number of rotatable bonds is 6. The van der Waals surface area contributed by atoms with Crippen molar-refractivity contribution in [2.45, 2.75) is 11.7 Å². The van der Waals surface area contributed by atoms with Gasteiger partial charge < -0.3 is 10.6 Å². The first-order valence-corrected chi connectivity index (χ1v) is 9.53. The van der Waals surface area contributed by atoms with Crippen molar-refractivity contribution in [2.24, 2.45) is 0 Å². The molecule has 0 radical (unpaired) electrons. The maximum Gasteiger partial charge on any atom is 0.262 e. The molecule has 0 fully saturated rings. The molecule has 132 valence electrons. The lowest BCUT2D eigenvalue weighted by Gasteiger charge is -2.13. The molecule has 1 heterocycles. The van der Waals surface area contributed by atoms with Gasteiger partial charge >= 0.3 is 0 Å². The zero-order valence-corrected chi connectivity index (χ0v) is 15.6. The topological polar surface area (TPSA) is 66.9 Å². The van der Waals surface area contributed by atoms with Gasteiger partial charge in [0.25, 0.3) is 5.91 Å². The molecule has 3 aromatic rings. The minimum atomic E-state index is -0.357. The van der Waals surface area contributed by atoms with Crippen molar-refractivity contribution in [2.75, 3.05) is 16.9 Å². The van der Waals surface area contributed by atoms with Crippen molar-refractivity contribution in [1.82, 2.24) is 9.97 Å². The monoisotopic (exact) mass is 384 g/mol. The maximum atomic E-state index is 12.7. The number of benzene rings is 2. The molecule has 2 aromatic carbocycles. The van der Waals surface area contributed by atoms with Gasteiger partial charge in [0.05, 0.1) is 0 Å². The third kappa shape index (κ3) is 4.53. The summed E-state index contributed by atoms with van der Waals surface area (Å²) in [6, 6.07) is 19.0. The van der Waals surface area contributed by atoms with Crippen molar-refractivity contribution >= 4 is 40.8 Å². The zero-order chi connectivity index (χ0) is 18.4. The molecule has 1 amide bonds. The highest BCUT2D eigenvalue weighted by molar-refractivity contribution is 7.98. The second kappa shape index (κ2) is 8.69. The van der Waals surface area contributed by atoms with Crippen LogP contribution in [0.3, 0.4) is 0 Å². The van der Waals surface area contributed by atoms with Crippen LogP contribution in [0.1, 0.15) is 15.9 Å². The molecule has 1 aromatic heterocycles. The smallest absolute Gasteiger partial charge is 0.262 e.